The van der Waals surface area contributed by atoms with Gasteiger partial charge >= 0.3 is 9.24 Å². The molecule has 0 radical (unpaired) electrons. The van der Waals surface area contributed by atoms with Crippen LogP contribution in [0.5, 0.6) is 0 Å². The number of halogens is 1. The third-order valence-electron chi connectivity index (χ3n) is 3.53. The summed E-state index contributed by atoms with van der Waals surface area (Å²) in [5.74, 6) is -0.470. The number of benzene rings is 2. The van der Waals surface area contributed by atoms with Crippen molar-refractivity contribution in [1.29, 1.82) is 0 Å². The van der Waals surface area contributed by atoms with Gasteiger partial charge in [0.05, 0.1) is 12.5 Å². The zero-order valence-corrected chi connectivity index (χ0v) is 12.5. The molecule has 1 unspecified atom stereocenters. The first-order chi connectivity index (χ1) is 9.97. The normalized spacial score (nSPS) is 18.4. The summed E-state index contributed by atoms with van der Waals surface area (Å²) in [6, 6.07) is 16.8. The molecule has 1 aliphatic heterocycles. The molecule has 2 aromatic rings. The van der Waals surface area contributed by atoms with Gasteiger partial charge in [0, 0.05) is 10.7 Å². The molecule has 0 spiro atoms. The highest BCUT2D eigenvalue weighted by Gasteiger charge is 2.44. The third-order valence-corrected chi connectivity index (χ3v) is 4.91. The van der Waals surface area contributed by atoms with Gasteiger partial charge < -0.3 is 0 Å². The Hall–Kier alpha value is -1.85. The van der Waals surface area contributed by atoms with Crippen LogP contribution in [-0.2, 0) is 14.0 Å². The minimum absolute atomic E-state index is 0.163. The predicted octanol–water partition coefficient (Wildman–Crippen LogP) is 3.11. The zero-order valence-electron chi connectivity index (χ0n) is 10.9. The Morgan fingerprint density at radius 3 is 2.05 bits per heavy atom. The Bertz CT molecular complexity index is 772. The van der Waals surface area contributed by atoms with Crippen LogP contribution in [0.2, 0.25) is 0 Å². The van der Waals surface area contributed by atoms with Crippen molar-refractivity contribution in [1.82, 2.24) is 4.31 Å². The van der Waals surface area contributed by atoms with Crippen LogP contribution in [0.3, 0.4) is 0 Å². The second-order valence-corrected chi connectivity index (χ2v) is 7.23. The molecule has 1 saturated heterocycles. The average molecular weight is 322 g/mol. The highest BCUT2D eigenvalue weighted by atomic mass is 35.7. The van der Waals surface area contributed by atoms with Crippen molar-refractivity contribution in [3.63, 3.8) is 0 Å². The van der Waals surface area contributed by atoms with E-state index in [0.29, 0.717) is 0 Å². The number of nitrogens with zero attached hydrogens (tertiary/aromatic N) is 1. The smallest absolute Gasteiger partial charge is 0.274 e. The molecule has 3 rings (SSSR count). The van der Waals surface area contributed by atoms with E-state index in [1.807, 2.05) is 54.6 Å². The van der Waals surface area contributed by atoms with E-state index in [-0.39, 0.29) is 6.42 Å². The highest BCUT2D eigenvalue weighted by molar-refractivity contribution is 8.12. The molecular weight excluding hydrogens is 310 g/mol. The SMILES string of the molecule is O=C1CC(c2ccc(-c3ccccc3)cc2)N1S(=O)(=O)Cl. The number of hydrogen-bond donors (Lipinski definition) is 0. The van der Waals surface area contributed by atoms with E-state index in [2.05, 4.69) is 0 Å². The van der Waals surface area contributed by atoms with Crippen molar-refractivity contribution in [2.45, 2.75) is 12.5 Å². The van der Waals surface area contributed by atoms with Crippen LogP contribution in [0, 0.1) is 0 Å². The third kappa shape index (κ3) is 2.66. The Kier molecular flexibility index (Phi) is 3.47. The van der Waals surface area contributed by atoms with Gasteiger partial charge in [-0.3, -0.25) is 4.79 Å². The number of rotatable bonds is 3. The fourth-order valence-electron chi connectivity index (χ4n) is 2.45. The van der Waals surface area contributed by atoms with Crippen molar-refractivity contribution in [2.24, 2.45) is 0 Å². The van der Waals surface area contributed by atoms with Crippen LogP contribution in [0.4, 0.5) is 0 Å². The summed E-state index contributed by atoms with van der Waals surface area (Å²) in [4.78, 5) is 11.4. The fourth-order valence-corrected chi connectivity index (χ4v) is 3.79. The summed E-state index contributed by atoms with van der Waals surface area (Å²) < 4.78 is 23.5. The van der Waals surface area contributed by atoms with Gasteiger partial charge in [0.2, 0.25) is 5.91 Å². The van der Waals surface area contributed by atoms with Gasteiger partial charge in [-0.1, -0.05) is 54.6 Å². The molecule has 0 saturated carbocycles. The Morgan fingerprint density at radius 2 is 1.52 bits per heavy atom. The van der Waals surface area contributed by atoms with Gasteiger partial charge in [0.1, 0.15) is 0 Å². The van der Waals surface area contributed by atoms with E-state index in [0.717, 1.165) is 21.0 Å². The lowest BCUT2D eigenvalue weighted by atomic mass is 9.95. The van der Waals surface area contributed by atoms with Crippen LogP contribution >= 0.6 is 10.7 Å². The van der Waals surface area contributed by atoms with E-state index in [1.165, 1.54) is 0 Å². The minimum Gasteiger partial charge on any atom is -0.274 e. The van der Waals surface area contributed by atoms with Crippen LogP contribution in [0.25, 0.3) is 11.1 Å². The van der Waals surface area contributed by atoms with E-state index >= 15 is 0 Å². The topological polar surface area (TPSA) is 54.5 Å². The van der Waals surface area contributed by atoms with Crippen LogP contribution < -0.4 is 0 Å². The Morgan fingerprint density at radius 1 is 0.952 bits per heavy atom. The Balaban J connectivity index is 1.87. The summed E-state index contributed by atoms with van der Waals surface area (Å²) in [5.41, 5.74) is 2.87. The van der Waals surface area contributed by atoms with Crippen molar-refractivity contribution >= 4 is 25.8 Å². The molecular formula is C15H12ClNO3S. The molecule has 1 fully saturated rings. The molecule has 21 heavy (non-hydrogen) atoms. The van der Waals surface area contributed by atoms with Crippen molar-refractivity contribution in [2.75, 3.05) is 0 Å². The van der Waals surface area contributed by atoms with Gasteiger partial charge in [-0.15, -0.1) is 0 Å². The first kappa shape index (κ1) is 14.1. The molecule has 108 valence electrons. The summed E-state index contributed by atoms with van der Waals surface area (Å²) in [5, 5.41) is 0. The van der Waals surface area contributed by atoms with Crippen molar-refractivity contribution in [3.8, 4) is 11.1 Å². The average Bonchev–Trinajstić information content (AvgIpc) is 2.44. The molecule has 0 bridgehead atoms. The molecule has 0 aliphatic carbocycles. The maximum Gasteiger partial charge on any atom is 0.324 e. The molecule has 1 aliphatic rings. The lowest BCUT2D eigenvalue weighted by Crippen LogP contribution is -2.47. The van der Waals surface area contributed by atoms with Gasteiger partial charge in [-0.2, -0.15) is 8.42 Å². The molecule has 1 atom stereocenters. The molecule has 1 amide bonds. The molecule has 0 aromatic heterocycles. The molecule has 6 heteroatoms. The van der Waals surface area contributed by atoms with Crippen LogP contribution in [0.15, 0.2) is 54.6 Å². The number of carbonyl (C=O) groups is 1. The number of carbonyl (C=O) groups excluding carboxylic acids is 1. The van der Waals surface area contributed by atoms with Crippen LogP contribution in [-0.4, -0.2) is 18.6 Å². The molecule has 4 nitrogen and oxygen atoms in total. The monoisotopic (exact) mass is 321 g/mol. The molecule has 2 aromatic carbocycles. The maximum absolute atomic E-state index is 11.4. The second kappa shape index (κ2) is 5.16. The number of β-lactam (4-membered cyclic amide) rings is 1. The Labute approximate surface area is 127 Å². The highest BCUT2D eigenvalue weighted by Crippen LogP contribution is 2.38. The van der Waals surface area contributed by atoms with E-state index in [9.17, 15) is 13.2 Å². The summed E-state index contributed by atoms with van der Waals surface area (Å²) in [6.45, 7) is 0. The maximum atomic E-state index is 11.4. The van der Waals surface area contributed by atoms with E-state index in [4.69, 9.17) is 10.7 Å². The van der Waals surface area contributed by atoms with Gasteiger partial charge in [-0.25, -0.2) is 4.31 Å². The standard InChI is InChI=1S/C15H12ClNO3S/c16-21(19,20)17-14(10-15(17)18)13-8-6-12(7-9-13)11-4-2-1-3-5-11/h1-9,14H,10H2. The van der Waals surface area contributed by atoms with Gasteiger partial charge in [0.25, 0.3) is 0 Å². The first-order valence-electron chi connectivity index (χ1n) is 6.39. The largest absolute Gasteiger partial charge is 0.324 e. The molecule has 0 N–H and O–H groups in total. The lowest BCUT2D eigenvalue weighted by Gasteiger charge is -2.37. The fraction of sp³-hybridized carbons (Fsp3) is 0.133. The summed E-state index contributed by atoms with van der Waals surface area (Å²) in [6.07, 6.45) is 0.163. The van der Waals surface area contributed by atoms with Gasteiger partial charge in [0.15, 0.2) is 0 Å². The number of amides is 1. The van der Waals surface area contributed by atoms with Crippen LogP contribution in [0.1, 0.15) is 18.0 Å². The number of hydrogen-bond acceptors (Lipinski definition) is 3. The zero-order chi connectivity index (χ0) is 15.0. The molecule has 1 heterocycles. The summed E-state index contributed by atoms with van der Waals surface area (Å²) >= 11 is 0. The summed E-state index contributed by atoms with van der Waals surface area (Å²) in [7, 11) is 1.26. The van der Waals surface area contributed by atoms with E-state index in [1.54, 1.807) is 0 Å². The van der Waals surface area contributed by atoms with Crippen molar-refractivity contribution in [3.05, 3.63) is 60.2 Å². The van der Waals surface area contributed by atoms with Crippen molar-refractivity contribution < 1.29 is 13.2 Å². The second-order valence-electron chi connectivity index (χ2n) is 4.84. The minimum atomic E-state index is -4.02. The van der Waals surface area contributed by atoms with E-state index < -0.39 is 21.2 Å². The first-order valence-corrected chi connectivity index (χ1v) is 8.65. The lowest BCUT2D eigenvalue weighted by molar-refractivity contribution is -0.137. The van der Waals surface area contributed by atoms with Gasteiger partial charge in [-0.05, 0) is 16.7 Å². The quantitative estimate of drug-likeness (QED) is 0.644. The predicted molar refractivity (Wildman–Crippen MR) is 80.9 cm³/mol.